The van der Waals surface area contributed by atoms with E-state index in [2.05, 4.69) is 10.1 Å². The molecule has 0 aliphatic rings. The van der Waals surface area contributed by atoms with E-state index in [1.165, 1.54) is 12.1 Å². The predicted molar refractivity (Wildman–Crippen MR) is 65.3 cm³/mol. The molecule has 19 heavy (non-hydrogen) atoms. The van der Waals surface area contributed by atoms with Crippen LogP contribution in [-0.2, 0) is 0 Å². The first-order chi connectivity index (χ1) is 8.81. The Morgan fingerprint density at radius 1 is 1.47 bits per heavy atom. The minimum Gasteiger partial charge on any atom is -0.406 e. The average Bonchev–Trinajstić information content (AvgIpc) is 2.33. The highest BCUT2D eigenvalue weighted by atomic mass is 35.5. The summed E-state index contributed by atoms with van der Waals surface area (Å²) in [6, 6.07) is 4.89. The number of hydrogen-bond acceptors (Lipinski definition) is 2. The van der Waals surface area contributed by atoms with Crippen LogP contribution in [0.5, 0.6) is 5.75 Å². The van der Waals surface area contributed by atoms with Gasteiger partial charge in [0.15, 0.2) is 0 Å². The highest BCUT2D eigenvalue weighted by Gasteiger charge is 2.31. The molecule has 106 valence electrons. The van der Waals surface area contributed by atoms with E-state index < -0.39 is 18.0 Å². The molecule has 1 aromatic rings. The Morgan fingerprint density at radius 2 is 2.16 bits per heavy atom. The minimum atomic E-state index is -4.78. The third kappa shape index (κ3) is 5.83. The van der Waals surface area contributed by atoms with Gasteiger partial charge in [-0.1, -0.05) is 13.0 Å². The lowest BCUT2D eigenvalue weighted by Gasteiger charge is -2.11. The molecule has 1 atom stereocenters. The van der Waals surface area contributed by atoms with Gasteiger partial charge in [0.1, 0.15) is 5.75 Å². The lowest BCUT2D eigenvalue weighted by Crippen LogP contribution is -2.28. The van der Waals surface area contributed by atoms with Crippen molar-refractivity contribution in [2.24, 2.45) is 5.92 Å². The standard InChI is InChI=1S/C12H13ClF3NO2/c1-8(6-13)7-17-11(18)9-3-2-4-10(5-9)19-12(14,15)16/h2-5,8H,6-7H2,1H3,(H,17,18). The van der Waals surface area contributed by atoms with Gasteiger partial charge in [0.2, 0.25) is 0 Å². The zero-order valence-electron chi connectivity index (χ0n) is 10.1. The molecular weight excluding hydrogens is 283 g/mol. The van der Waals surface area contributed by atoms with Gasteiger partial charge in [-0.3, -0.25) is 4.79 Å². The van der Waals surface area contributed by atoms with E-state index in [1.54, 1.807) is 0 Å². The molecule has 7 heteroatoms. The predicted octanol–water partition coefficient (Wildman–Crippen LogP) is 3.19. The van der Waals surface area contributed by atoms with Gasteiger partial charge in [-0.2, -0.15) is 0 Å². The first kappa shape index (κ1) is 15.6. The molecule has 0 aliphatic carbocycles. The molecule has 0 aromatic heterocycles. The van der Waals surface area contributed by atoms with E-state index in [1.807, 2.05) is 6.92 Å². The molecule has 0 radical (unpaired) electrons. The van der Waals surface area contributed by atoms with Gasteiger partial charge in [-0.05, 0) is 24.1 Å². The van der Waals surface area contributed by atoms with Crippen LogP contribution in [0.4, 0.5) is 13.2 Å². The first-order valence-electron chi connectivity index (χ1n) is 5.52. The van der Waals surface area contributed by atoms with Gasteiger partial charge in [-0.15, -0.1) is 24.8 Å². The number of amides is 1. The average molecular weight is 296 g/mol. The fraction of sp³-hybridized carbons (Fsp3) is 0.417. The summed E-state index contributed by atoms with van der Waals surface area (Å²) < 4.78 is 39.8. The van der Waals surface area contributed by atoms with Crippen molar-refractivity contribution in [2.45, 2.75) is 13.3 Å². The van der Waals surface area contributed by atoms with Gasteiger partial charge >= 0.3 is 6.36 Å². The van der Waals surface area contributed by atoms with Crippen LogP contribution >= 0.6 is 11.6 Å². The molecular formula is C12H13ClF3NO2. The Kier molecular flexibility index (Phi) is 5.47. The highest BCUT2D eigenvalue weighted by molar-refractivity contribution is 6.18. The minimum absolute atomic E-state index is 0.0835. The number of halogens is 4. The van der Waals surface area contributed by atoms with Crippen molar-refractivity contribution in [2.75, 3.05) is 12.4 Å². The molecule has 0 aliphatic heterocycles. The normalized spacial score (nSPS) is 12.9. The molecule has 0 heterocycles. The van der Waals surface area contributed by atoms with E-state index in [0.717, 1.165) is 12.1 Å². The van der Waals surface area contributed by atoms with Crippen molar-refractivity contribution in [3.63, 3.8) is 0 Å². The molecule has 1 rings (SSSR count). The number of ether oxygens (including phenoxy) is 1. The zero-order chi connectivity index (χ0) is 14.5. The van der Waals surface area contributed by atoms with Crippen LogP contribution in [0.15, 0.2) is 24.3 Å². The van der Waals surface area contributed by atoms with E-state index >= 15 is 0 Å². The molecule has 0 spiro atoms. The van der Waals surface area contributed by atoms with E-state index in [4.69, 9.17) is 11.6 Å². The van der Waals surface area contributed by atoms with Crippen LogP contribution in [0.2, 0.25) is 0 Å². The molecule has 0 saturated carbocycles. The number of carbonyl (C=O) groups is 1. The van der Waals surface area contributed by atoms with E-state index in [-0.39, 0.29) is 11.5 Å². The van der Waals surface area contributed by atoms with E-state index in [9.17, 15) is 18.0 Å². The number of rotatable bonds is 5. The third-order valence-electron chi connectivity index (χ3n) is 2.20. The second-order valence-corrected chi connectivity index (χ2v) is 4.35. The van der Waals surface area contributed by atoms with Gasteiger partial charge in [0.25, 0.3) is 5.91 Å². The smallest absolute Gasteiger partial charge is 0.406 e. The fourth-order valence-corrected chi connectivity index (χ4v) is 1.37. The van der Waals surface area contributed by atoms with Crippen molar-refractivity contribution < 1.29 is 22.7 Å². The summed E-state index contributed by atoms with van der Waals surface area (Å²) >= 11 is 5.58. The number of benzene rings is 1. The Bertz CT molecular complexity index is 437. The maximum absolute atomic E-state index is 12.0. The summed E-state index contributed by atoms with van der Waals surface area (Å²) in [5, 5.41) is 2.58. The first-order valence-corrected chi connectivity index (χ1v) is 6.05. The number of hydrogen-bond donors (Lipinski definition) is 1. The Hall–Kier alpha value is -1.43. The lowest BCUT2D eigenvalue weighted by molar-refractivity contribution is -0.274. The Morgan fingerprint density at radius 3 is 2.74 bits per heavy atom. The summed E-state index contributed by atoms with van der Waals surface area (Å²) in [4.78, 5) is 11.7. The number of alkyl halides is 4. The SMILES string of the molecule is CC(CCl)CNC(=O)c1cccc(OC(F)(F)F)c1. The summed E-state index contributed by atoms with van der Waals surface area (Å²) in [6.07, 6.45) is -4.78. The quantitative estimate of drug-likeness (QED) is 0.847. The molecule has 3 nitrogen and oxygen atoms in total. The maximum Gasteiger partial charge on any atom is 0.573 e. The fourth-order valence-electron chi connectivity index (χ4n) is 1.26. The van der Waals surface area contributed by atoms with Crippen molar-refractivity contribution in [1.29, 1.82) is 0 Å². The van der Waals surface area contributed by atoms with E-state index in [0.29, 0.717) is 12.4 Å². The maximum atomic E-state index is 12.0. The number of carbonyl (C=O) groups excluding carboxylic acids is 1. The summed E-state index contributed by atoms with van der Waals surface area (Å²) in [5.41, 5.74) is 0.100. The van der Waals surface area contributed by atoms with Crippen molar-refractivity contribution in [3.05, 3.63) is 29.8 Å². The largest absolute Gasteiger partial charge is 0.573 e. The van der Waals surface area contributed by atoms with Gasteiger partial charge in [0, 0.05) is 18.0 Å². The van der Waals surface area contributed by atoms with Gasteiger partial charge in [-0.25, -0.2) is 0 Å². The molecule has 1 aromatic carbocycles. The molecule has 0 bridgehead atoms. The third-order valence-corrected chi connectivity index (χ3v) is 2.73. The van der Waals surface area contributed by atoms with Gasteiger partial charge < -0.3 is 10.1 Å². The van der Waals surface area contributed by atoms with Crippen LogP contribution < -0.4 is 10.1 Å². The molecule has 1 amide bonds. The van der Waals surface area contributed by atoms with Crippen LogP contribution in [0.25, 0.3) is 0 Å². The van der Waals surface area contributed by atoms with Crippen molar-refractivity contribution in [1.82, 2.24) is 5.32 Å². The second kappa shape index (κ2) is 6.65. The molecule has 1 unspecified atom stereocenters. The summed E-state index contributed by atoms with van der Waals surface area (Å²) in [6.45, 7) is 2.20. The number of nitrogens with one attached hydrogen (secondary N) is 1. The molecule has 0 saturated heterocycles. The van der Waals surface area contributed by atoms with Crippen LogP contribution in [-0.4, -0.2) is 24.7 Å². The topological polar surface area (TPSA) is 38.3 Å². The van der Waals surface area contributed by atoms with Crippen molar-refractivity contribution in [3.8, 4) is 5.75 Å². The second-order valence-electron chi connectivity index (χ2n) is 4.05. The summed E-state index contributed by atoms with van der Waals surface area (Å²) in [5.74, 6) is -0.423. The monoisotopic (exact) mass is 295 g/mol. The summed E-state index contributed by atoms with van der Waals surface area (Å²) in [7, 11) is 0. The highest BCUT2D eigenvalue weighted by Crippen LogP contribution is 2.23. The van der Waals surface area contributed by atoms with Crippen molar-refractivity contribution >= 4 is 17.5 Å². The zero-order valence-corrected chi connectivity index (χ0v) is 10.9. The Balaban J connectivity index is 2.68. The van der Waals surface area contributed by atoms with Crippen LogP contribution in [0, 0.1) is 5.92 Å². The van der Waals surface area contributed by atoms with Crippen LogP contribution in [0.3, 0.4) is 0 Å². The van der Waals surface area contributed by atoms with Gasteiger partial charge in [0.05, 0.1) is 0 Å². The Labute approximate surface area is 113 Å². The lowest BCUT2D eigenvalue weighted by atomic mass is 10.2. The molecule has 1 N–H and O–H groups in total. The molecule has 0 fully saturated rings. The van der Waals surface area contributed by atoms with Crippen LogP contribution in [0.1, 0.15) is 17.3 Å².